The van der Waals surface area contributed by atoms with Crippen molar-refractivity contribution in [2.75, 3.05) is 0 Å². The molecule has 1 amide bonds. The van der Waals surface area contributed by atoms with Gasteiger partial charge < -0.3 is 15.6 Å². The van der Waals surface area contributed by atoms with Crippen LogP contribution in [0.2, 0.25) is 0 Å². The molecule has 2 aromatic rings. The number of carbonyl (C=O) groups excluding carboxylic acids is 1. The highest BCUT2D eigenvalue weighted by Gasteiger charge is 2.13. The van der Waals surface area contributed by atoms with Crippen molar-refractivity contribution in [1.82, 2.24) is 0 Å². The number of amides is 1. The third-order valence-electron chi connectivity index (χ3n) is 2.75. The van der Waals surface area contributed by atoms with Gasteiger partial charge >= 0.3 is 0 Å². The van der Waals surface area contributed by atoms with Gasteiger partial charge in [-0.25, -0.2) is 0 Å². The Morgan fingerprint density at radius 2 is 1.95 bits per heavy atom. The molecule has 0 aliphatic rings. The summed E-state index contributed by atoms with van der Waals surface area (Å²) < 4.78 is 5.55. The van der Waals surface area contributed by atoms with Crippen LogP contribution in [0.5, 0.6) is 11.5 Å². The lowest BCUT2D eigenvalue weighted by molar-refractivity contribution is -0.123. The summed E-state index contributed by atoms with van der Waals surface area (Å²) in [6.07, 6.45) is -0.710. The molecule has 0 saturated heterocycles. The van der Waals surface area contributed by atoms with E-state index in [1.54, 1.807) is 31.2 Å². The fourth-order valence-electron chi connectivity index (χ4n) is 1.73. The molecular formula is C15H15NO3. The van der Waals surface area contributed by atoms with Crippen LogP contribution in [0.3, 0.4) is 0 Å². The first-order chi connectivity index (χ1) is 9.08. The van der Waals surface area contributed by atoms with Crippen LogP contribution in [0.1, 0.15) is 6.92 Å². The Balaban J connectivity index is 2.39. The number of benzene rings is 2. The Bertz CT molecular complexity index is 595. The predicted molar refractivity (Wildman–Crippen MR) is 72.8 cm³/mol. The Kier molecular flexibility index (Phi) is 3.71. The quantitative estimate of drug-likeness (QED) is 0.882. The van der Waals surface area contributed by atoms with E-state index >= 15 is 0 Å². The number of hydrogen-bond acceptors (Lipinski definition) is 3. The van der Waals surface area contributed by atoms with Gasteiger partial charge in [0.1, 0.15) is 11.5 Å². The van der Waals surface area contributed by atoms with Crippen LogP contribution in [0.15, 0.2) is 48.5 Å². The molecule has 19 heavy (non-hydrogen) atoms. The molecule has 98 valence electrons. The first-order valence-corrected chi connectivity index (χ1v) is 5.92. The van der Waals surface area contributed by atoms with Gasteiger partial charge in [-0.15, -0.1) is 0 Å². The zero-order valence-corrected chi connectivity index (χ0v) is 10.5. The van der Waals surface area contributed by atoms with Crippen molar-refractivity contribution in [3.63, 3.8) is 0 Å². The van der Waals surface area contributed by atoms with E-state index in [-0.39, 0.29) is 5.75 Å². The number of phenolic OH excluding ortho intramolecular Hbond substituents is 1. The fourth-order valence-corrected chi connectivity index (χ4v) is 1.73. The smallest absolute Gasteiger partial charge is 0.258 e. The van der Waals surface area contributed by atoms with E-state index < -0.39 is 12.0 Å². The number of hydrogen-bond donors (Lipinski definition) is 2. The van der Waals surface area contributed by atoms with E-state index in [0.29, 0.717) is 5.75 Å². The molecule has 0 fully saturated rings. The van der Waals surface area contributed by atoms with Crippen molar-refractivity contribution < 1.29 is 14.6 Å². The third kappa shape index (κ3) is 3.04. The first kappa shape index (κ1) is 13.0. The lowest BCUT2D eigenvalue weighted by atomic mass is 10.0. The van der Waals surface area contributed by atoms with Gasteiger partial charge in [0.25, 0.3) is 5.91 Å². The van der Waals surface area contributed by atoms with E-state index in [1.807, 2.05) is 24.3 Å². The molecule has 1 atom stereocenters. The molecule has 0 aliphatic carbocycles. The van der Waals surface area contributed by atoms with Crippen LogP contribution in [-0.4, -0.2) is 17.1 Å². The molecule has 0 unspecified atom stereocenters. The number of carbonyl (C=O) groups is 1. The SMILES string of the molecule is C[C@H](Oc1ccccc1-c1cccc(O)c1)C(N)=O. The second kappa shape index (κ2) is 5.44. The molecular weight excluding hydrogens is 242 g/mol. The average molecular weight is 257 g/mol. The summed E-state index contributed by atoms with van der Waals surface area (Å²) in [5, 5.41) is 9.52. The van der Waals surface area contributed by atoms with Crippen LogP contribution in [0, 0.1) is 0 Å². The lowest BCUT2D eigenvalue weighted by Crippen LogP contribution is -2.30. The van der Waals surface area contributed by atoms with Crippen LogP contribution in [0.4, 0.5) is 0 Å². The highest BCUT2D eigenvalue weighted by Crippen LogP contribution is 2.32. The second-order valence-corrected chi connectivity index (χ2v) is 4.21. The minimum absolute atomic E-state index is 0.176. The average Bonchev–Trinajstić information content (AvgIpc) is 2.39. The van der Waals surface area contributed by atoms with Crippen LogP contribution in [-0.2, 0) is 4.79 Å². The number of aromatic hydroxyl groups is 1. The molecule has 0 spiro atoms. The Labute approximate surface area is 111 Å². The molecule has 4 nitrogen and oxygen atoms in total. The topological polar surface area (TPSA) is 72.6 Å². The van der Waals surface area contributed by atoms with Gasteiger partial charge in [-0.1, -0.05) is 30.3 Å². The summed E-state index contributed by atoms with van der Waals surface area (Å²) in [4.78, 5) is 11.1. The van der Waals surface area contributed by atoms with Crippen LogP contribution >= 0.6 is 0 Å². The molecule has 0 radical (unpaired) electrons. The lowest BCUT2D eigenvalue weighted by Gasteiger charge is -2.15. The summed E-state index contributed by atoms with van der Waals surface area (Å²) in [6, 6.07) is 14.1. The Hall–Kier alpha value is -2.49. The van der Waals surface area contributed by atoms with Gasteiger partial charge in [-0.3, -0.25) is 4.79 Å². The monoisotopic (exact) mass is 257 g/mol. The second-order valence-electron chi connectivity index (χ2n) is 4.21. The van der Waals surface area contributed by atoms with E-state index in [4.69, 9.17) is 10.5 Å². The van der Waals surface area contributed by atoms with E-state index in [1.165, 1.54) is 0 Å². The molecule has 0 aliphatic heterocycles. The normalized spacial score (nSPS) is 11.8. The number of para-hydroxylation sites is 1. The Morgan fingerprint density at radius 1 is 1.21 bits per heavy atom. The highest BCUT2D eigenvalue weighted by atomic mass is 16.5. The van der Waals surface area contributed by atoms with Gasteiger partial charge in [-0.2, -0.15) is 0 Å². The van der Waals surface area contributed by atoms with Crippen molar-refractivity contribution in [2.24, 2.45) is 5.73 Å². The Morgan fingerprint density at radius 3 is 2.63 bits per heavy atom. The van der Waals surface area contributed by atoms with Crippen LogP contribution in [0.25, 0.3) is 11.1 Å². The first-order valence-electron chi connectivity index (χ1n) is 5.92. The molecule has 0 aromatic heterocycles. The number of nitrogens with two attached hydrogens (primary N) is 1. The third-order valence-corrected chi connectivity index (χ3v) is 2.75. The van der Waals surface area contributed by atoms with Gasteiger partial charge in [0.2, 0.25) is 0 Å². The van der Waals surface area contributed by atoms with Crippen molar-refractivity contribution in [1.29, 1.82) is 0 Å². The molecule has 0 bridgehead atoms. The fraction of sp³-hybridized carbons (Fsp3) is 0.133. The van der Waals surface area contributed by atoms with Crippen LogP contribution < -0.4 is 10.5 Å². The standard InChI is InChI=1S/C15H15NO3/c1-10(15(16)18)19-14-8-3-2-7-13(14)11-5-4-6-12(17)9-11/h2-10,17H,1H3,(H2,16,18)/t10-/m0/s1. The highest BCUT2D eigenvalue weighted by molar-refractivity contribution is 5.79. The van der Waals surface area contributed by atoms with Gasteiger partial charge in [-0.05, 0) is 30.7 Å². The van der Waals surface area contributed by atoms with Gasteiger partial charge in [0.05, 0.1) is 0 Å². The zero-order valence-electron chi connectivity index (χ0n) is 10.5. The van der Waals surface area contributed by atoms with E-state index in [2.05, 4.69) is 0 Å². The molecule has 3 N–H and O–H groups in total. The minimum atomic E-state index is -0.710. The molecule has 2 aromatic carbocycles. The van der Waals surface area contributed by atoms with Crippen molar-refractivity contribution in [2.45, 2.75) is 13.0 Å². The number of primary amides is 1. The summed E-state index contributed by atoms with van der Waals surface area (Å²) >= 11 is 0. The largest absolute Gasteiger partial charge is 0.508 e. The molecule has 4 heteroatoms. The predicted octanol–water partition coefficient (Wildman–Crippen LogP) is 2.31. The zero-order chi connectivity index (χ0) is 13.8. The van der Waals surface area contributed by atoms with Gasteiger partial charge in [0.15, 0.2) is 6.10 Å². The summed E-state index contributed by atoms with van der Waals surface area (Å²) in [7, 11) is 0. The van der Waals surface area contributed by atoms with Crippen molar-refractivity contribution in [3.8, 4) is 22.6 Å². The summed E-state index contributed by atoms with van der Waals surface area (Å²) in [6.45, 7) is 1.60. The maximum Gasteiger partial charge on any atom is 0.258 e. The molecule has 2 rings (SSSR count). The molecule has 0 saturated carbocycles. The van der Waals surface area contributed by atoms with Gasteiger partial charge in [0, 0.05) is 5.56 Å². The molecule has 0 heterocycles. The van der Waals surface area contributed by atoms with E-state index in [0.717, 1.165) is 11.1 Å². The van der Waals surface area contributed by atoms with E-state index in [9.17, 15) is 9.90 Å². The maximum absolute atomic E-state index is 11.1. The maximum atomic E-state index is 11.1. The minimum Gasteiger partial charge on any atom is -0.508 e. The van der Waals surface area contributed by atoms with Crippen molar-refractivity contribution >= 4 is 5.91 Å². The number of phenols is 1. The van der Waals surface area contributed by atoms with Crippen molar-refractivity contribution in [3.05, 3.63) is 48.5 Å². The summed E-state index contributed by atoms with van der Waals surface area (Å²) in [5.74, 6) is 0.209. The number of rotatable bonds is 4. The summed E-state index contributed by atoms with van der Waals surface area (Å²) in [5.41, 5.74) is 6.80. The number of ether oxygens (including phenoxy) is 1.